The summed E-state index contributed by atoms with van der Waals surface area (Å²) < 4.78 is 0. The molecule has 1 aromatic rings. The van der Waals surface area contributed by atoms with Crippen molar-refractivity contribution in [2.75, 3.05) is 24.6 Å². The Bertz CT molecular complexity index is 491. The molecule has 1 aliphatic rings. The quantitative estimate of drug-likeness (QED) is 0.898. The summed E-state index contributed by atoms with van der Waals surface area (Å²) in [7, 11) is 0. The number of aliphatic hydroxyl groups is 1. The summed E-state index contributed by atoms with van der Waals surface area (Å²) in [6.07, 6.45) is 2.45. The summed E-state index contributed by atoms with van der Waals surface area (Å²) >= 11 is 0. The summed E-state index contributed by atoms with van der Waals surface area (Å²) in [5.74, 6) is 0.809. The van der Waals surface area contributed by atoms with Crippen molar-refractivity contribution in [3.8, 4) is 0 Å². The van der Waals surface area contributed by atoms with Gasteiger partial charge < -0.3 is 15.3 Å². The van der Waals surface area contributed by atoms with E-state index in [1.165, 1.54) is 18.5 Å². The molecule has 0 atom stereocenters. The van der Waals surface area contributed by atoms with E-state index < -0.39 is 11.6 Å². The molecule has 1 aliphatic heterocycles. The fraction of sp³-hybridized carbons (Fsp3) is 0.588. The maximum absolute atomic E-state index is 11.8. The molecule has 1 heterocycles. The van der Waals surface area contributed by atoms with Gasteiger partial charge in [-0.15, -0.1) is 0 Å². The fourth-order valence-corrected chi connectivity index (χ4v) is 2.48. The van der Waals surface area contributed by atoms with Crippen LogP contribution >= 0.6 is 0 Å². The second-order valence-electron chi connectivity index (χ2n) is 6.77. The monoisotopic (exact) mass is 304 g/mol. The molecular formula is C17H26N3O2. The molecule has 0 aliphatic carbocycles. The SMILES string of the molecule is CC1CCN(c2ccc([N]C(=O)NC(C)(C)CO)cc2)CC1. The molecule has 121 valence electrons. The smallest absolute Gasteiger partial charge is 0.341 e. The van der Waals surface area contributed by atoms with Crippen molar-refractivity contribution in [3.05, 3.63) is 24.3 Å². The molecule has 0 spiro atoms. The maximum atomic E-state index is 11.8. The van der Waals surface area contributed by atoms with Crippen LogP contribution in [0.5, 0.6) is 0 Å². The lowest BCUT2D eigenvalue weighted by atomic mass is 9.99. The number of rotatable bonds is 4. The molecule has 5 nitrogen and oxygen atoms in total. The van der Waals surface area contributed by atoms with Gasteiger partial charge in [0.15, 0.2) is 0 Å². The van der Waals surface area contributed by atoms with Crippen LogP contribution in [0.3, 0.4) is 0 Å². The molecule has 2 amide bonds. The molecule has 0 aromatic heterocycles. The minimum absolute atomic E-state index is 0.124. The van der Waals surface area contributed by atoms with Crippen LogP contribution in [0.4, 0.5) is 16.2 Å². The van der Waals surface area contributed by atoms with Crippen molar-refractivity contribution in [2.24, 2.45) is 5.92 Å². The summed E-state index contributed by atoms with van der Waals surface area (Å²) in [5, 5.41) is 15.8. The first-order valence-corrected chi connectivity index (χ1v) is 7.89. The molecule has 5 heteroatoms. The number of carbonyl (C=O) groups excluding carboxylic acids is 1. The van der Waals surface area contributed by atoms with E-state index in [0.29, 0.717) is 5.69 Å². The van der Waals surface area contributed by atoms with E-state index in [2.05, 4.69) is 22.5 Å². The van der Waals surface area contributed by atoms with Gasteiger partial charge in [0.2, 0.25) is 0 Å². The van der Waals surface area contributed by atoms with Crippen molar-refractivity contribution < 1.29 is 9.90 Å². The molecule has 1 fully saturated rings. The average molecular weight is 304 g/mol. The van der Waals surface area contributed by atoms with E-state index in [9.17, 15) is 4.79 Å². The van der Waals surface area contributed by atoms with Crippen LogP contribution in [0.25, 0.3) is 0 Å². The molecule has 2 rings (SSSR count). The minimum Gasteiger partial charge on any atom is -0.394 e. The molecule has 0 unspecified atom stereocenters. The van der Waals surface area contributed by atoms with Gasteiger partial charge in [0.05, 0.1) is 17.8 Å². The standard InChI is InChI=1S/C17H26N3O2/c1-13-8-10-20(11-9-13)15-6-4-14(5-7-15)18-16(22)19-17(2,3)12-21/h4-7,13,21H,8-12H2,1-3H3,(H,19,22). The van der Waals surface area contributed by atoms with E-state index in [0.717, 1.165) is 19.0 Å². The maximum Gasteiger partial charge on any atom is 0.341 e. The number of nitrogens with one attached hydrogen (secondary N) is 1. The third-order valence-corrected chi connectivity index (χ3v) is 4.07. The number of hydrogen-bond donors (Lipinski definition) is 2. The zero-order valence-electron chi connectivity index (χ0n) is 13.7. The van der Waals surface area contributed by atoms with Crippen molar-refractivity contribution in [3.63, 3.8) is 0 Å². The van der Waals surface area contributed by atoms with Crippen molar-refractivity contribution >= 4 is 17.4 Å². The summed E-state index contributed by atoms with van der Waals surface area (Å²) in [6, 6.07) is 7.31. The van der Waals surface area contributed by atoms with Crippen LogP contribution in [0.2, 0.25) is 0 Å². The summed E-state index contributed by atoms with van der Waals surface area (Å²) in [4.78, 5) is 14.2. The molecule has 0 bridgehead atoms. The van der Waals surface area contributed by atoms with Gasteiger partial charge in [-0.2, -0.15) is 5.32 Å². The minimum atomic E-state index is -0.662. The van der Waals surface area contributed by atoms with Crippen molar-refractivity contribution in [1.29, 1.82) is 0 Å². The third kappa shape index (κ3) is 4.63. The molecule has 0 saturated carbocycles. The highest BCUT2D eigenvalue weighted by Gasteiger charge is 2.20. The highest BCUT2D eigenvalue weighted by molar-refractivity contribution is 5.79. The molecule has 2 N–H and O–H groups in total. The average Bonchev–Trinajstić information content (AvgIpc) is 2.48. The zero-order valence-corrected chi connectivity index (χ0v) is 13.7. The lowest BCUT2D eigenvalue weighted by Crippen LogP contribution is -2.47. The Morgan fingerprint density at radius 2 is 1.91 bits per heavy atom. The molecule has 1 saturated heterocycles. The Balaban J connectivity index is 1.90. The lowest BCUT2D eigenvalue weighted by molar-refractivity contribution is 0.183. The number of hydrogen-bond acceptors (Lipinski definition) is 3. The number of nitrogens with zero attached hydrogens (tertiary/aromatic N) is 2. The van der Waals surface area contributed by atoms with E-state index >= 15 is 0 Å². The van der Waals surface area contributed by atoms with Crippen LogP contribution < -0.4 is 15.5 Å². The topological polar surface area (TPSA) is 66.7 Å². The van der Waals surface area contributed by atoms with Crippen LogP contribution in [-0.2, 0) is 0 Å². The number of benzene rings is 1. The first-order chi connectivity index (χ1) is 10.4. The second kappa shape index (κ2) is 7.01. The number of aliphatic hydroxyl groups excluding tert-OH is 1. The Morgan fingerprint density at radius 3 is 2.45 bits per heavy atom. The van der Waals surface area contributed by atoms with Crippen molar-refractivity contribution in [1.82, 2.24) is 10.6 Å². The molecular weight excluding hydrogens is 278 g/mol. The first-order valence-electron chi connectivity index (χ1n) is 7.89. The highest BCUT2D eigenvalue weighted by Crippen LogP contribution is 2.24. The summed E-state index contributed by atoms with van der Waals surface area (Å²) in [5.41, 5.74) is 1.15. The zero-order chi connectivity index (χ0) is 16.2. The van der Waals surface area contributed by atoms with Crippen molar-refractivity contribution in [2.45, 2.75) is 39.2 Å². The fourth-order valence-electron chi connectivity index (χ4n) is 2.48. The van der Waals surface area contributed by atoms with E-state index in [-0.39, 0.29) is 6.61 Å². The van der Waals surface area contributed by atoms with Crippen LogP contribution in [0.1, 0.15) is 33.6 Å². The normalized spacial score (nSPS) is 16.5. The van der Waals surface area contributed by atoms with Gasteiger partial charge >= 0.3 is 6.03 Å². The van der Waals surface area contributed by atoms with Gasteiger partial charge in [0.25, 0.3) is 0 Å². The van der Waals surface area contributed by atoms with E-state index in [1.807, 2.05) is 24.3 Å². The molecule has 22 heavy (non-hydrogen) atoms. The van der Waals surface area contributed by atoms with Gasteiger partial charge in [0, 0.05) is 18.8 Å². The first kappa shape index (κ1) is 16.6. The molecule has 1 aromatic carbocycles. The number of piperidine rings is 1. The lowest BCUT2D eigenvalue weighted by Gasteiger charge is -2.32. The summed E-state index contributed by atoms with van der Waals surface area (Å²) in [6.45, 7) is 7.85. The van der Waals surface area contributed by atoms with Gasteiger partial charge in [-0.05, 0) is 56.9 Å². The second-order valence-corrected chi connectivity index (χ2v) is 6.77. The van der Waals surface area contributed by atoms with E-state index in [1.54, 1.807) is 13.8 Å². The third-order valence-electron chi connectivity index (χ3n) is 4.07. The Labute approximate surface area is 132 Å². The van der Waals surface area contributed by atoms with Gasteiger partial charge in [-0.25, -0.2) is 4.79 Å². The number of urea groups is 1. The predicted molar refractivity (Wildman–Crippen MR) is 88.5 cm³/mol. The number of carbonyl (C=O) groups is 1. The van der Waals surface area contributed by atoms with Crippen LogP contribution in [-0.4, -0.2) is 36.4 Å². The highest BCUT2D eigenvalue weighted by atomic mass is 16.3. The number of anilines is 1. The van der Waals surface area contributed by atoms with Gasteiger partial charge in [-0.3, -0.25) is 0 Å². The Morgan fingerprint density at radius 1 is 1.32 bits per heavy atom. The van der Waals surface area contributed by atoms with E-state index in [4.69, 9.17) is 5.11 Å². The van der Waals surface area contributed by atoms with Crippen LogP contribution in [0.15, 0.2) is 24.3 Å². The largest absolute Gasteiger partial charge is 0.394 e. The Hall–Kier alpha value is -1.75. The van der Waals surface area contributed by atoms with Gasteiger partial charge in [-0.1, -0.05) is 6.92 Å². The molecule has 1 radical (unpaired) electrons. The van der Waals surface area contributed by atoms with Crippen LogP contribution in [0, 0.1) is 5.92 Å². The Kier molecular flexibility index (Phi) is 5.29. The predicted octanol–water partition coefficient (Wildman–Crippen LogP) is 2.64. The van der Waals surface area contributed by atoms with Gasteiger partial charge in [0.1, 0.15) is 0 Å². The number of amides is 2.